The highest BCUT2D eigenvalue weighted by Gasteiger charge is 2.19. The lowest BCUT2D eigenvalue weighted by molar-refractivity contribution is 0.275. The monoisotopic (exact) mass is 389 g/mol. The van der Waals surface area contributed by atoms with Crippen LogP contribution in [0.2, 0.25) is 0 Å². The normalized spacial score (nSPS) is 11.2. The van der Waals surface area contributed by atoms with E-state index in [4.69, 9.17) is 9.26 Å². The molecule has 0 amide bonds. The van der Waals surface area contributed by atoms with Crippen molar-refractivity contribution in [3.63, 3.8) is 0 Å². The van der Waals surface area contributed by atoms with Crippen molar-refractivity contribution in [3.8, 4) is 28.7 Å². The predicted octanol–water partition coefficient (Wildman–Crippen LogP) is 1.86. The number of aromatic nitrogens is 9. The van der Waals surface area contributed by atoms with Crippen LogP contribution in [0.4, 0.5) is 0 Å². The Kier molecular flexibility index (Phi) is 3.97. The Bertz CT molecular complexity index is 1290. The SMILES string of the molecule is Cc1cc(-c2nnc3cc(-c4ccccn4)c(OCc4ncnn4C)nn23)no1. The van der Waals surface area contributed by atoms with Gasteiger partial charge in [-0.15, -0.1) is 15.3 Å². The second-order valence-corrected chi connectivity index (χ2v) is 6.28. The highest BCUT2D eigenvalue weighted by atomic mass is 16.5. The summed E-state index contributed by atoms with van der Waals surface area (Å²) in [6.07, 6.45) is 3.18. The van der Waals surface area contributed by atoms with Crippen molar-refractivity contribution in [3.05, 3.63) is 54.4 Å². The molecule has 0 atom stereocenters. The van der Waals surface area contributed by atoms with Gasteiger partial charge in [-0.2, -0.15) is 9.61 Å². The first-order valence-corrected chi connectivity index (χ1v) is 8.76. The van der Waals surface area contributed by atoms with E-state index in [1.165, 1.54) is 6.33 Å². The Morgan fingerprint density at radius 2 is 2.03 bits per heavy atom. The second-order valence-electron chi connectivity index (χ2n) is 6.28. The summed E-state index contributed by atoms with van der Waals surface area (Å²) in [5, 5.41) is 21.1. The van der Waals surface area contributed by atoms with Crippen molar-refractivity contribution in [1.82, 2.24) is 44.7 Å². The van der Waals surface area contributed by atoms with Crippen molar-refractivity contribution >= 4 is 5.65 Å². The average molecular weight is 389 g/mol. The molecule has 5 aromatic rings. The van der Waals surface area contributed by atoms with Crippen LogP contribution >= 0.6 is 0 Å². The van der Waals surface area contributed by atoms with E-state index in [9.17, 15) is 0 Å². The standard InChI is InChI=1S/C18H15N9O2/c1-11-7-14(25-29-11)17-23-22-15-8-12(13-5-3-4-6-19-13)18(24-27(15)17)28-9-16-20-10-21-26(16)2/h3-8,10H,9H2,1-2H3. The fourth-order valence-electron chi connectivity index (χ4n) is 2.84. The first-order chi connectivity index (χ1) is 14.2. The summed E-state index contributed by atoms with van der Waals surface area (Å²) in [4.78, 5) is 8.59. The molecular weight excluding hydrogens is 374 g/mol. The third kappa shape index (κ3) is 3.08. The number of ether oxygens (including phenoxy) is 1. The summed E-state index contributed by atoms with van der Waals surface area (Å²) in [5.41, 5.74) is 2.47. The zero-order chi connectivity index (χ0) is 19.8. The van der Waals surface area contributed by atoms with Crippen LogP contribution in [0.5, 0.6) is 5.88 Å². The molecule has 5 heterocycles. The number of aryl methyl sites for hydroxylation is 2. The predicted molar refractivity (Wildman–Crippen MR) is 99.6 cm³/mol. The number of rotatable bonds is 5. The summed E-state index contributed by atoms with van der Waals surface area (Å²) in [5.74, 6) is 2.14. The van der Waals surface area contributed by atoms with Gasteiger partial charge in [-0.1, -0.05) is 11.2 Å². The van der Waals surface area contributed by atoms with E-state index in [2.05, 4.69) is 35.5 Å². The lowest BCUT2D eigenvalue weighted by Crippen LogP contribution is -2.08. The number of fused-ring (bicyclic) bond motifs is 1. The third-order valence-corrected chi connectivity index (χ3v) is 4.30. The topological polar surface area (TPSA) is 122 Å². The van der Waals surface area contributed by atoms with Crippen molar-refractivity contribution in [2.75, 3.05) is 0 Å². The quantitative estimate of drug-likeness (QED) is 0.443. The molecule has 0 saturated heterocycles. The van der Waals surface area contributed by atoms with E-state index in [-0.39, 0.29) is 6.61 Å². The van der Waals surface area contributed by atoms with Crippen LogP contribution in [-0.4, -0.2) is 44.7 Å². The Morgan fingerprint density at radius 1 is 1.10 bits per heavy atom. The molecule has 0 bridgehead atoms. The summed E-state index contributed by atoms with van der Waals surface area (Å²) in [7, 11) is 1.80. The summed E-state index contributed by atoms with van der Waals surface area (Å²) < 4.78 is 14.4. The van der Waals surface area contributed by atoms with Crippen molar-refractivity contribution < 1.29 is 9.26 Å². The maximum Gasteiger partial charge on any atom is 0.241 e. The van der Waals surface area contributed by atoms with Gasteiger partial charge in [0.25, 0.3) is 0 Å². The molecule has 0 saturated carbocycles. The van der Waals surface area contributed by atoms with Gasteiger partial charge < -0.3 is 9.26 Å². The molecule has 5 aromatic heterocycles. The number of hydrogen-bond donors (Lipinski definition) is 0. The maximum atomic E-state index is 6.00. The maximum absolute atomic E-state index is 6.00. The number of pyridine rings is 1. The van der Waals surface area contributed by atoms with Gasteiger partial charge in [0.2, 0.25) is 11.7 Å². The molecule has 0 unspecified atom stereocenters. The van der Waals surface area contributed by atoms with Gasteiger partial charge in [-0.25, -0.2) is 4.98 Å². The van der Waals surface area contributed by atoms with Crippen LogP contribution in [0, 0.1) is 6.92 Å². The van der Waals surface area contributed by atoms with Gasteiger partial charge in [-0.05, 0) is 25.1 Å². The smallest absolute Gasteiger partial charge is 0.241 e. The van der Waals surface area contributed by atoms with Crippen LogP contribution in [0.25, 0.3) is 28.4 Å². The molecule has 0 aliphatic carbocycles. The van der Waals surface area contributed by atoms with E-state index in [0.717, 1.165) is 0 Å². The highest BCUT2D eigenvalue weighted by Crippen LogP contribution is 2.29. The van der Waals surface area contributed by atoms with Crippen LogP contribution in [0.15, 0.2) is 47.4 Å². The van der Waals surface area contributed by atoms with E-state index in [1.807, 2.05) is 31.2 Å². The van der Waals surface area contributed by atoms with Crippen molar-refractivity contribution in [2.45, 2.75) is 13.5 Å². The van der Waals surface area contributed by atoms with Gasteiger partial charge in [0.05, 0.1) is 11.3 Å². The summed E-state index contributed by atoms with van der Waals surface area (Å²) in [6, 6.07) is 9.21. The minimum atomic E-state index is 0.190. The molecule has 0 aliphatic rings. The van der Waals surface area contributed by atoms with Crippen molar-refractivity contribution in [2.24, 2.45) is 7.05 Å². The fraction of sp³-hybridized carbons (Fsp3) is 0.167. The zero-order valence-electron chi connectivity index (χ0n) is 15.6. The lowest BCUT2D eigenvalue weighted by atomic mass is 10.2. The molecule has 0 fully saturated rings. The van der Waals surface area contributed by atoms with Gasteiger partial charge in [-0.3, -0.25) is 9.67 Å². The highest BCUT2D eigenvalue weighted by molar-refractivity contribution is 5.69. The number of hydrogen-bond acceptors (Lipinski definition) is 9. The first kappa shape index (κ1) is 17.0. The first-order valence-electron chi connectivity index (χ1n) is 8.76. The van der Waals surface area contributed by atoms with Gasteiger partial charge in [0, 0.05) is 19.3 Å². The summed E-state index contributed by atoms with van der Waals surface area (Å²) in [6.45, 7) is 2.00. The molecule has 0 spiro atoms. The Morgan fingerprint density at radius 3 is 2.76 bits per heavy atom. The fourth-order valence-corrected chi connectivity index (χ4v) is 2.84. The molecule has 0 aromatic carbocycles. The second kappa shape index (κ2) is 6.78. The minimum absolute atomic E-state index is 0.190. The molecule has 11 nitrogen and oxygen atoms in total. The van der Waals surface area contributed by atoms with Crippen LogP contribution < -0.4 is 4.74 Å². The van der Waals surface area contributed by atoms with Crippen molar-refractivity contribution in [1.29, 1.82) is 0 Å². The van der Waals surface area contributed by atoms with E-state index < -0.39 is 0 Å². The van der Waals surface area contributed by atoms with E-state index in [0.29, 0.717) is 45.9 Å². The van der Waals surface area contributed by atoms with Gasteiger partial charge in [0.15, 0.2) is 17.2 Å². The zero-order valence-corrected chi connectivity index (χ0v) is 15.6. The molecule has 11 heteroatoms. The molecule has 144 valence electrons. The molecule has 0 aliphatic heterocycles. The average Bonchev–Trinajstić information content (AvgIpc) is 3.46. The van der Waals surface area contributed by atoms with Crippen LogP contribution in [-0.2, 0) is 13.7 Å². The van der Waals surface area contributed by atoms with Crippen LogP contribution in [0.1, 0.15) is 11.6 Å². The molecule has 0 radical (unpaired) electrons. The Hall–Kier alpha value is -4.15. The molecular formula is C18H15N9O2. The van der Waals surface area contributed by atoms with E-state index >= 15 is 0 Å². The molecule has 0 N–H and O–H groups in total. The van der Waals surface area contributed by atoms with Crippen LogP contribution in [0.3, 0.4) is 0 Å². The van der Waals surface area contributed by atoms with Gasteiger partial charge >= 0.3 is 0 Å². The number of nitrogens with zero attached hydrogens (tertiary/aromatic N) is 9. The Labute approximate surface area is 164 Å². The molecule has 29 heavy (non-hydrogen) atoms. The van der Waals surface area contributed by atoms with E-state index in [1.54, 1.807) is 28.5 Å². The summed E-state index contributed by atoms with van der Waals surface area (Å²) >= 11 is 0. The minimum Gasteiger partial charge on any atom is -0.468 e. The lowest BCUT2D eigenvalue weighted by Gasteiger charge is -2.10. The van der Waals surface area contributed by atoms with Gasteiger partial charge in [0.1, 0.15) is 18.7 Å². The largest absolute Gasteiger partial charge is 0.468 e. The Balaban J connectivity index is 1.63. The molecule has 5 rings (SSSR count). The third-order valence-electron chi connectivity index (χ3n) is 4.30.